The second kappa shape index (κ2) is 39.5. The number of hydrogen-bond acceptors (Lipinski definition) is 14. The van der Waals surface area contributed by atoms with Gasteiger partial charge in [-0.25, -0.2) is 0 Å². The van der Waals surface area contributed by atoms with Crippen molar-refractivity contribution in [2.24, 2.45) is 0 Å². The van der Waals surface area contributed by atoms with Crippen LogP contribution in [-0.2, 0) is 0 Å². The Balaban J connectivity index is 0.000000268. The van der Waals surface area contributed by atoms with E-state index in [0.717, 1.165) is 82.2 Å². The largest absolute Gasteiger partial charge is 0.508 e. The van der Waals surface area contributed by atoms with Crippen molar-refractivity contribution in [1.29, 1.82) is 0 Å². The standard InChI is InChI=1S/C13H9BrO.C11H16O.C10H14O3.C9H12O2.C9H12S2.C8H10S.C7H8O2.C7H8S2/c1-8-11(14)7-6-10-9-4-2-3-5-12(9)15-13(8)10;1-9-7-5-6-8-10(9)12-11(2,3)4;1-7-9(12-3)5-8(11-2)6-10(7)13-4;2*1-7-8(10-2)5-4-6-9(7)11-3;1-7-5-3-4-6-8(7)9-2;2*1-5-6(8)3-2-4-7(5)9/h2-7H,1H3;5-8H,1-4H3;5-6H,1-4H3;2*4-6H,1-3H3;3-6H,1-2H3;2*2-4,8-9H,1H3. The third-order valence-corrected chi connectivity index (χ3v) is 17.9. The Morgan fingerprint density at radius 2 is 0.831 bits per heavy atom. The average molecular weight is 1360 g/mol. The Bertz CT molecular complexity index is 3550. The van der Waals surface area contributed by atoms with Gasteiger partial charge in [0.25, 0.3) is 0 Å². The minimum Gasteiger partial charge on any atom is -0.508 e. The van der Waals surface area contributed by atoms with Crippen LogP contribution in [0.5, 0.6) is 46.0 Å². The van der Waals surface area contributed by atoms with Gasteiger partial charge in [-0.3, -0.25) is 0 Å². The SMILES string of the molecule is COc1cc(OC)c(C)c(OC)c1.COc1cccc(OC)c1C.CSc1cccc(SC)c1C.CSc1ccccc1C.Cc1c(Br)ccc2c1oc1ccccc12.Cc1c(O)cccc1O.Cc1c(S)cccc1S.Cc1ccccc1OC(C)(C)C. The van der Waals surface area contributed by atoms with Crippen LogP contribution in [0, 0.1) is 55.4 Å². The minimum absolute atomic E-state index is 0.105. The molecule has 0 aliphatic heterocycles. The van der Waals surface area contributed by atoms with Crippen molar-refractivity contribution in [2.75, 3.05) is 54.3 Å². The summed E-state index contributed by atoms with van der Waals surface area (Å²) in [6.07, 6.45) is 6.33. The van der Waals surface area contributed by atoms with E-state index in [1.54, 1.807) is 60.3 Å². The van der Waals surface area contributed by atoms with Gasteiger partial charge in [-0.2, -0.15) is 0 Å². The third kappa shape index (κ3) is 24.6. The van der Waals surface area contributed by atoms with Gasteiger partial charge in [0.2, 0.25) is 0 Å². The Morgan fingerprint density at radius 1 is 0.404 bits per heavy atom. The third-order valence-electron chi connectivity index (χ3n) is 13.4. The molecule has 0 atom stereocenters. The molecule has 0 unspecified atom stereocenters. The zero-order chi connectivity index (χ0) is 66.4. The van der Waals surface area contributed by atoms with Crippen LogP contribution >= 0.6 is 76.5 Å². The Labute approximate surface area is 562 Å². The topological polar surface area (TPSA) is 109 Å². The number of benzene rings is 9. The van der Waals surface area contributed by atoms with E-state index in [-0.39, 0.29) is 17.1 Å². The number of thiol groups is 2. The lowest BCUT2D eigenvalue weighted by molar-refractivity contribution is 0.130. The summed E-state index contributed by atoms with van der Waals surface area (Å²) in [7, 11) is 8.18. The van der Waals surface area contributed by atoms with E-state index in [1.807, 2.05) is 129 Å². The fourth-order valence-corrected chi connectivity index (χ4v) is 10.9. The number of phenols is 2. The highest BCUT2D eigenvalue weighted by molar-refractivity contribution is 9.10. The van der Waals surface area contributed by atoms with Gasteiger partial charge in [-0.15, -0.1) is 60.5 Å². The first-order chi connectivity index (χ1) is 42.3. The summed E-state index contributed by atoms with van der Waals surface area (Å²) in [4.78, 5) is 6.15. The van der Waals surface area contributed by atoms with Crippen LogP contribution in [-0.4, -0.2) is 70.1 Å². The van der Waals surface area contributed by atoms with Gasteiger partial charge >= 0.3 is 0 Å². The van der Waals surface area contributed by atoms with Crippen molar-refractivity contribution in [3.05, 3.63) is 219 Å². The number of para-hydroxylation sites is 2. The molecule has 0 bridgehead atoms. The lowest BCUT2D eigenvalue weighted by atomic mass is 10.1. The number of ether oxygens (including phenoxy) is 6. The molecule has 0 saturated carbocycles. The molecular formula is C74H89BrO9S5. The number of methoxy groups -OCH3 is 5. The van der Waals surface area contributed by atoms with Crippen LogP contribution in [0.4, 0.5) is 0 Å². The first kappa shape index (κ1) is 76.7. The van der Waals surface area contributed by atoms with Crippen molar-refractivity contribution in [2.45, 2.75) is 106 Å². The van der Waals surface area contributed by atoms with Crippen molar-refractivity contribution in [3.63, 3.8) is 0 Å². The number of hydrogen-bond donors (Lipinski definition) is 4. The van der Waals surface area contributed by atoms with Crippen LogP contribution in [0.25, 0.3) is 21.9 Å². The van der Waals surface area contributed by atoms with Crippen LogP contribution in [0.2, 0.25) is 0 Å². The maximum Gasteiger partial charge on any atom is 0.139 e. The van der Waals surface area contributed by atoms with Gasteiger partial charge in [0.15, 0.2) is 0 Å². The van der Waals surface area contributed by atoms with Crippen molar-refractivity contribution >= 4 is 98.4 Å². The smallest absolute Gasteiger partial charge is 0.139 e. The van der Waals surface area contributed by atoms with Crippen LogP contribution in [0.15, 0.2) is 203 Å². The van der Waals surface area contributed by atoms with Crippen molar-refractivity contribution in [1.82, 2.24) is 0 Å². The normalized spacial score (nSPS) is 10.1. The highest BCUT2D eigenvalue weighted by Crippen LogP contribution is 2.35. The van der Waals surface area contributed by atoms with E-state index in [1.165, 1.54) is 54.3 Å². The van der Waals surface area contributed by atoms with E-state index >= 15 is 0 Å². The molecule has 0 fully saturated rings. The predicted octanol–water partition coefficient (Wildman–Crippen LogP) is 22.0. The van der Waals surface area contributed by atoms with Gasteiger partial charge in [-0.1, -0.05) is 94.8 Å². The van der Waals surface area contributed by atoms with E-state index in [9.17, 15) is 0 Å². The minimum atomic E-state index is -0.105. The summed E-state index contributed by atoms with van der Waals surface area (Å²) >= 11 is 17.4. The summed E-state index contributed by atoms with van der Waals surface area (Å²) in [5.41, 5.74) is 10.6. The molecule has 0 aliphatic carbocycles. The monoisotopic (exact) mass is 1360 g/mol. The maximum atomic E-state index is 8.94. The van der Waals surface area contributed by atoms with Gasteiger partial charge in [0.05, 0.1) is 35.5 Å². The zero-order valence-electron chi connectivity index (χ0n) is 54.9. The quantitative estimate of drug-likeness (QED) is 0.0816. The molecule has 476 valence electrons. The highest BCUT2D eigenvalue weighted by Gasteiger charge is 2.13. The average Bonchev–Trinajstić information content (AvgIpc) is 1.75. The lowest BCUT2D eigenvalue weighted by Gasteiger charge is -2.22. The number of aryl methyl sites for hydroxylation is 3. The number of thioether (sulfide) groups is 3. The predicted molar refractivity (Wildman–Crippen MR) is 391 cm³/mol. The van der Waals surface area contributed by atoms with Crippen LogP contribution < -0.4 is 28.4 Å². The van der Waals surface area contributed by atoms with Crippen LogP contribution in [0.1, 0.15) is 65.3 Å². The number of phenolic OH excluding ortho intramolecular Hbond substituents is 2. The number of rotatable bonds is 9. The maximum absolute atomic E-state index is 8.94. The molecule has 10 rings (SSSR count). The Kier molecular flexibility index (Phi) is 34.0. The molecule has 2 N–H and O–H groups in total. The number of fused-ring (bicyclic) bond motifs is 3. The molecule has 0 saturated heterocycles. The fourth-order valence-electron chi connectivity index (χ4n) is 8.16. The molecule has 89 heavy (non-hydrogen) atoms. The van der Waals surface area contributed by atoms with Crippen molar-refractivity contribution < 1.29 is 43.1 Å². The summed E-state index contributed by atoms with van der Waals surface area (Å²) < 4.78 is 38.3. The number of aromatic hydroxyl groups is 2. The summed E-state index contributed by atoms with van der Waals surface area (Å²) in [5.74, 6) is 5.26. The first-order valence-electron chi connectivity index (χ1n) is 28.3. The molecule has 0 amide bonds. The number of halogens is 1. The zero-order valence-corrected chi connectivity index (χ0v) is 60.7. The highest BCUT2D eigenvalue weighted by atomic mass is 79.9. The van der Waals surface area contributed by atoms with Crippen LogP contribution in [0.3, 0.4) is 0 Å². The van der Waals surface area contributed by atoms with E-state index in [0.29, 0.717) is 5.56 Å². The molecule has 1 aromatic heterocycles. The Morgan fingerprint density at radius 3 is 1.28 bits per heavy atom. The molecule has 0 radical (unpaired) electrons. The van der Waals surface area contributed by atoms with Gasteiger partial charge in [-0.05, 0) is 196 Å². The second-order valence-corrected chi connectivity index (χ2v) is 25.0. The van der Waals surface area contributed by atoms with Crippen molar-refractivity contribution in [3.8, 4) is 46.0 Å². The first-order valence-corrected chi connectivity index (χ1v) is 33.7. The van der Waals surface area contributed by atoms with E-state index in [2.05, 4.69) is 175 Å². The molecule has 15 heteroatoms. The van der Waals surface area contributed by atoms with Gasteiger partial charge in [0, 0.05) is 74.1 Å². The molecule has 10 aromatic rings. The fraction of sp³-hybridized carbons (Fsp3) is 0.270. The second-order valence-electron chi connectivity index (χ2n) is 20.7. The molecule has 0 aliphatic rings. The number of furan rings is 1. The molecule has 1 heterocycles. The lowest BCUT2D eigenvalue weighted by Crippen LogP contribution is -2.23. The van der Waals surface area contributed by atoms with E-state index in [4.69, 9.17) is 43.1 Å². The summed E-state index contributed by atoms with van der Waals surface area (Å²) in [5, 5.41) is 20.2. The molecule has 9 aromatic carbocycles. The Hall–Kier alpha value is -6.59. The summed E-state index contributed by atoms with van der Waals surface area (Å²) in [6.45, 7) is 22.2. The molecule has 0 spiro atoms. The van der Waals surface area contributed by atoms with Gasteiger partial charge in [0.1, 0.15) is 62.8 Å². The van der Waals surface area contributed by atoms with Gasteiger partial charge < -0.3 is 43.1 Å². The molecular weight excluding hydrogens is 1270 g/mol. The van der Waals surface area contributed by atoms with E-state index < -0.39 is 0 Å². The summed E-state index contributed by atoms with van der Waals surface area (Å²) in [6, 6.07) is 55.1. The molecule has 9 nitrogen and oxygen atoms in total.